The summed E-state index contributed by atoms with van der Waals surface area (Å²) in [5.74, 6) is 0.197. The van der Waals surface area contributed by atoms with E-state index >= 15 is 0 Å². The number of hydrogen-bond acceptors (Lipinski definition) is 4. The van der Waals surface area contributed by atoms with Gasteiger partial charge in [-0.2, -0.15) is 0 Å². The van der Waals surface area contributed by atoms with Gasteiger partial charge in [0.1, 0.15) is 0 Å². The fourth-order valence-electron chi connectivity index (χ4n) is 3.08. The smallest absolute Gasteiger partial charge is 0.234 e. The third-order valence-corrected chi connectivity index (χ3v) is 4.63. The molecular weight excluding hydrogens is 326 g/mol. The summed E-state index contributed by atoms with van der Waals surface area (Å²) in [7, 11) is 0. The van der Waals surface area contributed by atoms with Crippen molar-refractivity contribution in [3.63, 3.8) is 0 Å². The molecule has 2 aromatic rings. The van der Waals surface area contributed by atoms with E-state index in [1.807, 2.05) is 60.7 Å². The molecule has 1 aliphatic heterocycles. The van der Waals surface area contributed by atoms with Crippen molar-refractivity contribution in [2.75, 3.05) is 39.3 Å². The van der Waals surface area contributed by atoms with Crippen LogP contribution in [0.3, 0.4) is 0 Å². The van der Waals surface area contributed by atoms with Crippen LogP contribution in [0.25, 0.3) is 0 Å². The highest BCUT2D eigenvalue weighted by Gasteiger charge is 2.20. The number of rotatable bonds is 7. The van der Waals surface area contributed by atoms with Crippen LogP contribution in [0.4, 0.5) is 0 Å². The summed E-state index contributed by atoms with van der Waals surface area (Å²) in [6, 6.07) is 19.3. The van der Waals surface area contributed by atoms with E-state index in [1.165, 1.54) is 0 Å². The van der Waals surface area contributed by atoms with Crippen molar-refractivity contribution < 1.29 is 9.59 Å². The van der Waals surface area contributed by atoms with Crippen molar-refractivity contribution in [1.82, 2.24) is 15.1 Å². The van der Waals surface area contributed by atoms with Crippen LogP contribution in [0, 0.1) is 0 Å². The molecule has 5 nitrogen and oxygen atoms in total. The van der Waals surface area contributed by atoms with E-state index in [2.05, 4.69) is 15.1 Å². The average molecular weight is 351 g/mol. The van der Waals surface area contributed by atoms with E-state index < -0.39 is 0 Å². The predicted octanol–water partition coefficient (Wildman–Crippen LogP) is 1.80. The topological polar surface area (TPSA) is 52.7 Å². The predicted molar refractivity (Wildman–Crippen MR) is 102 cm³/mol. The molecule has 0 radical (unpaired) electrons. The number of nitrogens with one attached hydrogen (secondary N) is 1. The summed E-state index contributed by atoms with van der Waals surface area (Å²) in [6.07, 6.45) is 0. The van der Waals surface area contributed by atoms with Gasteiger partial charge in [-0.15, -0.1) is 0 Å². The second kappa shape index (κ2) is 9.27. The van der Waals surface area contributed by atoms with E-state index in [9.17, 15) is 9.59 Å². The van der Waals surface area contributed by atoms with Crippen LogP contribution in [0.2, 0.25) is 0 Å². The Morgan fingerprint density at radius 1 is 0.769 bits per heavy atom. The second-order valence-corrected chi connectivity index (χ2v) is 6.60. The number of Topliss-reactive ketones (excluding diaryl/α,β-unsaturated/α-hetero) is 1. The fraction of sp³-hybridized carbons (Fsp3) is 0.333. The van der Waals surface area contributed by atoms with Crippen LogP contribution >= 0.6 is 0 Å². The molecule has 1 aliphatic rings. The molecule has 0 bridgehead atoms. The van der Waals surface area contributed by atoms with Gasteiger partial charge in [-0.3, -0.25) is 19.4 Å². The molecule has 1 saturated heterocycles. The van der Waals surface area contributed by atoms with E-state index in [1.54, 1.807) is 0 Å². The lowest BCUT2D eigenvalue weighted by molar-refractivity contribution is -0.122. The van der Waals surface area contributed by atoms with Crippen LogP contribution < -0.4 is 5.32 Å². The van der Waals surface area contributed by atoms with Crippen LogP contribution in [-0.2, 0) is 11.3 Å². The average Bonchev–Trinajstić information content (AvgIpc) is 2.69. The van der Waals surface area contributed by atoms with Gasteiger partial charge in [0.2, 0.25) is 5.91 Å². The van der Waals surface area contributed by atoms with Crippen molar-refractivity contribution in [2.24, 2.45) is 0 Å². The van der Waals surface area contributed by atoms with Crippen LogP contribution in [0.15, 0.2) is 60.7 Å². The Bertz CT molecular complexity index is 711. The molecule has 0 saturated carbocycles. The third-order valence-electron chi connectivity index (χ3n) is 4.63. The molecule has 3 rings (SSSR count). The van der Waals surface area contributed by atoms with Gasteiger partial charge >= 0.3 is 0 Å². The first-order chi connectivity index (χ1) is 12.7. The second-order valence-electron chi connectivity index (χ2n) is 6.60. The molecule has 1 amide bonds. The molecule has 26 heavy (non-hydrogen) atoms. The molecule has 5 heteroatoms. The van der Waals surface area contributed by atoms with Crippen LogP contribution in [-0.4, -0.2) is 60.8 Å². The first-order valence-electron chi connectivity index (χ1n) is 9.04. The molecule has 0 spiro atoms. The van der Waals surface area contributed by atoms with Crippen LogP contribution in [0.1, 0.15) is 15.9 Å². The number of ketones is 1. The SMILES string of the molecule is O=C(CN1CCN(CC(=O)c2ccccc2)CC1)NCc1ccccc1. The van der Waals surface area contributed by atoms with Crippen molar-refractivity contribution in [1.29, 1.82) is 0 Å². The molecule has 0 atom stereocenters. The summed E-state index contributed by atoms with van der Waals surface area (Å²) >= 11 is 0. The summed E-state index contributed by atoms with van der Waals surface area (Å²) < 4.78 is 0. The Morgan fingerprint density at radius 3 is 1.92 bits per heavy atom. The Balaban J connectivity index is 1.37. The summed E-state index contributed by atoms with van der Waals surface area (Å²) in [5.41, 5.74) is 1.86. The maximum absolute atomic E-state index is 12.3. The lowest BCUT2D eigenvalue weighted by atomic mass is 10.1. The molecule has 0 aliphatic carbocycles. The van der Waals surface area contributed by atoms with Gasteiger partial charge in [0, 0.05) is 38.3 Å². The highest BCUT2D eigenvalue weighted by molar-refractivity contribution is 5.97. The van der Waals surface area contributed by atoms with E-state index in [0.717, 1.165) is 37.3 Å². The van der Waals surface area contributed by atoms with E-state index in [-0.39, 0.29) is 11.7 Å². The lowest BCUT2D eigenvalue weighted by Crippen LogP contribution is -2.50. The largest absolute Gasteiger partial charge is 0.351 e. The molecule has 1 heterocycles. The molecule has 1 fully saturated rings. The normalized spacial score (nSPS) is 15.5. The maximum atomic E-state index is 12.3. The summed E-state index contributed by atoms with van der Waals surface area (Å²) in [5, 5.41) is 2.96. The monoisotopic (exact) mass is 351 g/mol. The number of hydrogen-bond donors (Lipinski definition) is 1. The van der Waals surface area contributed by atoms with Gasteiger partial charge in [-0.1, -0.05) is 60.7 Å². The Hall–Kier alpha value is -2.50. The van der Waals surface area contributed by atoms with Gasteiger partial charge in [0.15, 0.2) is 5.78 Å². The number of benzene rings is 2. The van der Waals surface area contributed by atoms with E-state index in [0.29, 0.717) is 19.6 Å². The zero-order valence-corrected chi connectivity index (χ0v) is 14.9. The fourth-order valence-corrected chi connectivity index (χ4v) is 3.08. The molecule has 2 aromatic carbocycles. The van der Waals surface area contributed by atoms with Crippen molar-refractivity contribution in [3.8, 4) is 0 Å². The quantitative estimate of drug-likeness (QED) is 0.773. The number of amides is 1. The van der Waals surface area contributed by atoms with E-state index in [4.69, 9.17) is 0 Å². The first kappa shape index (κ1) is 18.3. The summed E-state index contributed by atoms with van der Waals surface area (Å²) in [6.45, 7) is 4.65. The molecule has 136 valence electrons. The first-order valence-corrected chi connectivity index (χ1v) is 9.04. The third kappa shape index (κ3) is 5.51. The molecule has 1 N–H and O–H groups in total. The van der Waals surface area contributed by atoms with Gasteiger partial charge in [0.05, 0.1) is 13.1 Å². The number of piperazine rings is 1. The maximum Gasteiger partial charge on any atom is 0.234 e. The van der Waals surface area contributed by atoms with Gasteiger partial charge < -0.3 is 5.32 Å². The standard InChI is InChI=1S/C21H25N3O2/c25-20(19-9-5-2-6-10-19)16-23-11-13-24(14-12-23)17-21(26)22-15-18-7-3-1-4-8-18/h1-10H,11-17H2,(H,22,26). The number of carbonyl (C=O) groups excluding carboxylic acids is 2. The highest BCUT2D eigenvalue weighted by Crippen LogP contribution is 2.06. The summed E-state index contributed by atoms with van der Waals surface area (Å²) in [4.78, 5) is 28.7. The van der Waals surface area contributed by atoms with Crippen LogP contribution in [0.5, 0.6) is 0 Å². The van der Waals surface area contributed by atoms with Crippen molar-refractivity contribution in [3.05, 3.63) is 71.8 Å². The van der Waals surface area contributed by atoms with Gasteiger partial charge in [0.25, 0.3) is 0 Å². The number of nitrogens with zero attached hydrogens (tertiary/aromatic N) is 2. The Labute approximate surface area is 154 Å². The zero-order valence-electron chi connectivity index (χ0n) is 14.9. The van der Waals surface area contributed by atoms with Gasteiger partial charge in [-0.25, -0.2) is 0 Å². The zero-order chi connectivity index (χ0) is 18.2. The lowest BCUT2D eigenvalue weighted by Gasteiger charge is -2.33. The minimum atomic E-state index is 0.0441. The Morgan fingerprint density at radius 2 is 1.31 bits per heavy atom. The molecular formula is C21H25N3O2. The van der Waals surface area contributed by atoms with Gasteiger partial charge in [-0.05, 0) is 5.56 Å². The van der Waals surface area contributed by atoms with Crippen molar-refractivity contribution >= 4 is 11.7 Å². The minimum absolute atomic E-state index is 0.0441. The minimum Gasteiger partial charge on any atom is -0.351 e. The highest BCUT2D eigenvalue weighted by atomic mass is 16.2. The Kier molecular flexibility index (Phi) is 6.52. The number of carbonyl (C=O) groups is 2. The molecule has 0 unspecified atom stereocenters. The molecule has 0 aromatic heterocycles. The van der Waals surface area contributed by atoms with Crippen molar-refractivity contribution in [2.45, 2.75) is 6.54 Å².